The highest BCUT2D eigenvalue weighted by molar-refractivity contribution is 7.90. The molecule has 0 atom stereocenters. The zero-order valence-corrected chi connectivity index (χ0v) is 18.3. The molecule has 3 amide bonds. The monoisotopic (exact) mass is 464 g/mol. The quantitative estimate of drug-likeness (QED) is 0.560. The number of rotatable bonds is 6. The largest absolute Gasteiger partial charge is 0.310 e. The van der Waals surface area contributed by atoms with Crippen molar-refractivity contribution in [3.63, 3.8) is 0 Å². The van der Waals surface area contributed by atoms with Crippen LogP contribution in [0, 0.1) is 0 Å². The number of nitrogens with zero attached hydrogens (tertiary/aromatic N) is 3. The number of amides is 3. The first kappa shape index (κ1) is 21.1. The summed E-state index contributed by atoms with van der Waals surface area (Å²) in [5.41, 5.74) is 2.37. The molecule has 9 nitrogen and oxygen atoms in total. The van der Waals surface area contributed by atoms with E-state index in [9.17, 15) is 22.8 Å². The Hall–Kier alpha value is -3.79. The number of hydrogen-bond donors (Lipinski definition) is 1. The standard InChI is InChI=1S/C23H20N4O5S/c28-20(11-6-12-26-22(29)16-9-4-5-10-17(16)23(26)30)24-21-18-13-33(31,32)14-19(18)25-27(21)15-7-2-1-3-8-15/h1-5,7-10H,6,11-14H2,(H,24,28). The van der Waals surface area contributed by atoms with Crippen LogP contribution in [0.15, 0.2) is 54.6 Å². The van der Waals surface area contributed by atoms with E-state index in [0.717, 1.165) is 4.90 Å². The molecular formula is C23H20N4O5S. The maximum atomic E-state index is 12.7. The van der Waals surface area contributed by atoms with Gasteiger partial charge in [-0.15, -0.1) is 0 Å². The van der Waals surface area contributed by atoms with E-state index in [1.807, 2.05) is 30.3 Å². The molecule has 168 valence electrons. The van der Waals surface area contributed by atoms with Gasteiger partial charge in [0.25, 0.3) is 11.8 Å². The predicted molar refractivity (Wildman–Crippen MR) is 120 cm³/mol. The first-order valence-corrected chi connectivity index (χ1v) is 12.3. The van der Waals surface area contributed by atoms with Crippen molar-refractivity contribution in [2.45, 2.75) is 24.3 Å². The van der Waals surface area contributed by atoms with Crippen LogP contribution in [0.1, 0.15) is 44.8 Å². The summed E-state index contributed by atoms with van der Waals surface area (Å²) in [7, 11) is -3.29. The first-order valence-electron chi connectivity index (χ1n) is 10.5. The molecule has 3 heterocycles. The van der Waals surface area contributed by atoms with Gasteiger partial charge in [-0.1, -0.05) is 30.3 Å². The number of fused-ring (bicyclic) bond motifs is 2. The van der Waals surface area contributed by atoms with Gasteiger partial charge in [-0.3, -0.25) is 19.3 Å². The predicted octanol–water partition coefficient (Wildman–Crippen LogP) is 2.32. The minimum Gasteiger partial charge on any atom is -0.310 e. The van der Waals surface area contributed by atoms with E-state index in [2.05, 4.69) is 10.4 Å². The lowest BCUT2D eigenvalue weighted by molar-refractivity contribution is -0.116. The Morgan fingerprint density at radius 1 is 0.939 bits per heavy atom. The molecule has 0 saturated heterocycles. The van der Waals surface area contributed by atoms with Gasteiger partial charge in [-0.25, -0.2) is 13.1 Å². The summed E-state index contributed by atoms with van der Waals surface area (Å²) in [4.78, 5) is 38.8. The Balaban J connectivity index is 1.29. The molecule has 0 aliphatic carbocycles. The summed E-state index contributed by atoms with van der Waals surface area (Å²) in [5.74, 6) is -1.08. The lowest BCUT2D eigenvalue weighted by atomic mass is 10.1. The average molecular weight is 465 g/mol. The Morgan fingerprint density at radius 2 is 1.58 bits per heavy atom. The van der Waals surface area contributed by atoms with E-state index in [1.165, 1.54) is 0 Å². The molecule has 2 aliphatic rings. The molecule has 2 aromatic carbocycles. The van der Waals surface area contributed by atoms with Crippen molar-refractivity contribution in [1.29, 1.82) is 0 Å². The lowest BCUT2D eigenvalue weighted by Crippen LogP contribution is -2.31. The van der Waals surface area contributed by atoms with E-state index in [1.54, 1.807) is 28.9 Å². The Morgan fingerprint density at radius 3 is 2.24 bits per heavy atom. The molecule has 0 unspecified atom stereocenters. The van der Waals surface area contributed by atoms with Crippen LogP contribution in [0.25, 0.3) is 5.69 Å². The fourth-order valence-corrected chi connectivity index (χ4v) is 5.66. The molecule has 0 saturated carbocycles. The molecule has 3 aromatic rings. The number of carbonyl (C=O) groups is 3. The van der Waals surface area contributed by atoms with Crippen LogP contribution in [-0.4, -0.2) is 47.4 Å². The van der Waals surface area contributed by atoms with Crippen molar-refractivity contribution in [3.05, 3.63) is 77.0 Å². The zero-order chi connectivity index (χ0) is 23.2. The van der Waals surface area contributed by atoms with Crippen LogP contribution in [0.2, 0.25) is 0 Å². The highest BCUT2D eigenvalue weighted by atomic mass is 32.2. The number of sulfone groups is 1. The van der Waals surface area contributed by atoms with Gasteiger partial charge in [0.05, 0.1) is 34.0 Å². The summed E-state index contributed by atoms with van der Waals surface area (Å²) in [5, 5.41) is 7.22. The van der Waals surface area contributed by atoms with E-state index in [0.29, 0.717) is 33.9 Å². The van der Waals surface area contributed by atoms with E-state index >= 15 is 0 Å². The van der Waals surface area contributed by atoms with Gasteiger partial charge in [-0.2, -0.15) is 5.10 Å². The molecule has 5 rings (SSSR count). The van der Waals surface area contributed by atoms with Gasteiger partial charge in [-0.05, 0) is 30.7 Å². The third kappa shape index (κ3) is 3.82. The Labute approximate surface area is 189 Å². The number of hydrogen-bond acceptors (Lipinski definition) is 6. The molecule has 0 spiro atoms. The zero-order valence-electron chi connectivity index (χ0n) is 17.5. The number of imide groups is 1. The average Bonchev–Trinajstić information content (AvgIpc) is 3.36. The maximum Gasteiger partial charge on any atom is 0.261 e. The minimum absolute atomic E-state index is 0.0505. The summed E-state index contributed by atoms with van der Waals surface area (Å²) in [6, 6.07) is 15.8. The lowest BCUT2D eigenvalue weighted by Gasteiger charge is -2.14. The highest BCUT2D eigenvalue weighted by Gasteiger charge is 2.35. The van der Waals surface area contributed by atoms with Crippen molar-refractivity contribution in [1.82, 2.24) is 14.7 Å². The summed E-state index contributed by atoms with van der Waals surface area (Å²) < 4.78 is 25.7. The van der Waals surface area contributed by atoms with Crippen molar-refractivity contribution >= 4 is 33.4 Å². The SMILES string of the molecule is O=C(CCCN1C(=O)c2ccccc2C1=O)Nc1c2c(nn1-c1ccccc1)CS(=O)(=O)C2. The maximum absolute atomic E-state index is 12.7. The van der Waals surface area contributed by atoms with Crippen molar-refractivity contribution < 1.29 is 22.8 Å². The number of anilines is 1. The number of aromatic nitrogens is 2. The van der Waals surface area contributed by atoms with Gasteiger partial charge < -0.3 is 5.32 Å². The first-order chi connectivity index (χ1) is 15.8. The molecule has 0 radical (unpaired) electrons. The Bertz CT molecular complexity index is 1360. The van der Waals surface area contributed by atoms with Crippen LogP contribution < -0.4 is 5.32 Å². The van der Waals surface area contributed by atoms with Gasteiger partial charge in [0.1, 0.15) is 5.82 Å². The number of benzene rings is 2. The molecule has 1 aromatic heterocycles. The molecule has 10 heteroatoms. The summed E-state index contributed by atoms with van der Waals surface area (Å²) in [6.45, 7) is 0.115. The van der Waals surface area contributed by atoms with Crippen LogP contribution in [0.5, 0.6) is 0 Å². The van der Waals surface area contributed by atoms with Gasteiger partial charge in [0, 0.05) is 18.5 Å². The molecular weight excluding hydrogens is 444 g/mol. The molecule has 2 aliphatic heterocycles. The summed E-state index contributed by atoms with van der Waals surface area (Å²) >= 11 is 0. The van der Waals surface area contributed by atoms with Crippen molar-refractivity contribution in [3.8, 4) is 5.69 Å². The third-order valence-corrected chi connectivity index (χ3v) is 7.15. The van der Waals surface area contributed by atoms with Crippen LogP contribution in [-0.2, 0) is 26.1 Å². The second kappa shape index (κ2) is 7.96. The third-order valence-electron chi connectivity index (χ3n) is 5.71. The smallest absolute Gasteiger partial charge is 0.261 e. The van der Waals surface area contributed by atoms with E-state index in [4.69, 9.17) is 0 Å². The van der Waals surface area contributed by atoms with Crippen molar-refractivity contribution in [2.75, 3.05) is 11.9 Å². The van der Waals surface area contributed by atoms with E-state index in [-0.39, 0.29) is 48.6 Å². The molecule has 0 fully saturated rings. The van der Waals surface area contributed by atoms with E-state index < -0.39 is 9.84 Å². The highest BCUT2D eigenvalue weighted by Crippen LogP contribution is 2.33. The fraction of sp³-hybridized carbons (Fsp3) is 0.217. The topological polar surface area (TPSA) is 118 Å². The van der Waals surface area contributed by atoms with Crippen molar-refractivity contribution in [2.24, 2.45) is 0 Å². The second-order valence-electron chi connectivity index (χ2n) is 8.01. The fourth-order valence-electron chi connectivity index (χ4n) is 4.16. The number of carbonyl (C=O) groups excluding carboxylic acids is 3. The molecule has 33 heavy (non-hydrogen) atoms. The summed E-state index contributed by atoms with van der Waals surface area (Å²) in [6.07, 6.45) is 0.326. The second-order valence-corrected chi connectivity index (χ2v) is 10.1. The normalized spacial score (nSPS) is 16.1. The Kier molecular flexibility index (Phi) is 5.09. The van der Waals surface area contributed by atoms with Crippen LogP contribution >= 0.6 is 0 Å². The number of para-hydroxylation sites is 1. The molecule has 1 N–H and O–H groups in total. The van der Waals surface area contributed by atoms with Gasteiger partial charge >= 0.3 is 0 Å². The molecule has 0 bridgehead atoms. The van der Waals surface area contributed by atoms with Crippen LogP contribution in [0.4, 0.5) is 5.82 Å². The van der Waals surface area contributed by atoms with Gasteiger partial charge in [0.2, 0.25) is 5.91 Å². The van der Waals surface area contributed by atoms with Crippen LogP contribution in [0.3, 0.4) is 0 Å². The van der Waals surface area contributed by atoms with Gasteiger partial charge in [0.15, 0.2) is 9.84 Å². The minimum atomic E-state index is -3.29. The number of nitrogens with one attached hydrogen (secondary N) is 1.